The van der Waals surface area contributed by atoms with Crippen molar-refractivity contribution in [1.82, 2.24) is 4.31 Å². The monoisotopic (exact) mass is 297 g/mol. The predicted octanol–water partition coefficient (Wildman–Crippen LogP) is 1.93. The molecule has 0 amide bonds. The molecule has 1 aromatic rings. The lowest BCUT2D eigenvalue weighted by Gasteiger charge is -2.24. The highest BCUT2D eigenvalue weighted by atomic mass is 32.2. The van der Waals surface area contributed by atoms with Crippen LogP contribution in [0.4, 0.5) is 0 Å². The molecule has 1 N–H and O–H groups in total. The minimum atomic E-state index is -3.62. The Kier molecular flexibility index (Phi) is 4.15. The van der Waals surface area contributed by atoms with E-state index < -0.39 is 22.0 Å². The highest BCUT2D eigenvalue weighted by Crippen LogP contribution is 2.29. The van der Waals surface area contributed by atoms with Gasteiger partial charge in [0.15, 0.2) is 0 Å². The van der Waals surface area contributed by atoms with Gasteiger partial charge in [0.25, 0.3) is 0 Å². The number of hydrogen-bond acceptors (Lipinski definition) is 3. The van der Waals surface area contributed by atoms with E-state index in [2.05, 4.69) is 0 Å². The number of benzene rings is 1. The molecule has 1 fully saturated rings. The summed E-state index contributed by atoms with van der Waals surface area (Å²) >= 11 is 0. The van der Waals surface area contributed by atoms with Gasteiger partial charge in [-0.3, -0.25) is 4.79 Å². The van der Waals surface area contributed by atoms with Gasteiger partial charge in [0.2, 0.25) is 10.0 Å². The lowest BCUT2D eigenvalue weighted by atomic mass is 10.2. The fourth-order valence-corrected chi connectivity index (χ4v) is 4.65. The standard InChI is InChI=1S/C14H19NO4S/c1-10-5-6-11(2)13(8-10)20(18,19)15-7-3-4-12(15)9-14(16)17/h5-6,8,12H,3-4,7,9H2,1-2H3,(H,16,17). The van der Waals surface area contributed by atoms with Crippen LogP contribution in [-0.2, 0) is 14.8 Å². The second kappa shape index (κ2) is 5.54. The Bertz CT molecular complexity index is 624. The minimum absolute atomic E-state index is 0.135. The second-order valence-corrected chi connectivity index (χ2v) is 7.14. The van der Waals surface area contributed by atoms with Gasteiger partial charge in [-0.2, -0.15) is 4.31 Å². The van der Waals surface area contributed by atoms with Crippen LogP contribution in [0, 0.1) is 13.8 Å². The SMILES string of the molecule is Cc1ccc(C)c(S(=O)(=O)N2CCCC2CC(=O)O)c1. The molecule has 20 heavy (non-hydrogen) atoms. The molecule has 0 aromatic heterocycles. The Morgan fingerprint density at radius 2 is 2.10 bits per heavy atom. The first-order valence-electron chi connectivity index (χ1n) is 6.63. The number of nitrogens with zero attached hydrogens (tertiary/aromatic N) is 1. The summed E-state index contributed by atoms with van der Waals surface area (Å²) in [5, 5.41) is 8.91. The van der Waals surface area contributed by atoms with Gasteiger partial charge in [0.05, 0.1) is 11.3 Å². The first-order valence-corrected chi connectivity index (χ1v) is 8.07. The Morgan fingerprint density at radius 1 is 1.40 bits per heavy atom. The number of aliphatic carboxylic acids is 1. The summed E-state index contributed by atoms with van der Waals surface area (Å²) in [6, 6.07) is 4.87. The Labute approximate surface area is 119 Å². The molecule has 1 unspecified atom stereocenters. The molecule has 1 aliphatic rings. The topological polar surface area (TPSA) is 74.7 Å². The smallest absolute Gasteiger partial charge is 0.304 e. The summed E-state index contributed by atoms with van der Waals surface area (Å²) in [5.74, 6) is -0.960. The predicted molar refractivity (Wildman–Crippen MR) is 75.1 cm³/mol. The summed E-state index contributed by atoms with van der Waals surface area (Å²) < 4.78 is 26.8. The van der Waals surface area contributed by atoms with Crippen LogP contribution in [0.3, 0.4) is 0 Å². The minimum Gasteiger partial charge on any atom is -0.481 e. The molecule has 0 radical (unpaired) electrons. The van der Waals surface area contributed by atoms with Gasteiger partial charge in [-0.05, 0) is 43.9 Å². The molecule has 1 atom stereocenters. The van der Waals surface area contributed by atoms with Crippen LogP contribution in [0.1, 0.15) is 30.4 Å². The third-order valence-corrected chi connectivity index (χ3v) is 5.76. The fourth-order valence-electron chi connectivity index (χ4n) is 2.64. The summed E-state index contributed by atoms with van der Waals surface area (Å²) in [4.78, 5) is 11.2. The molecule has 1 saturated heterocycles. The maximum atomic E-state index is 12.7. The largest absolute Gasteiger partial charge is 0.481 e. The van der Waals surface area contributed by atoms with E-state index in [-0.39, 0.29) is 11.3 Å². The average Bonchev–Trinajstić information content (AvgIpc) is 2.80. The average molecular weight is 297 g/mol. The molecular formula is C14H19NO4S. The zero-order valence-corrected chi connectivity index (χ0v) is 12.5. The number of aryl methyl sites for hydroxylation is 2. The molecular weight excluding hydrogens is 278 g/mol. The number of rotatable bonds is 4. The fraction of sp³-hybridized carbons (Fsp3) is 0.500. The van der Waals surface area contributed by atoms with Gasteiger partial charge >= 0.3 is 5.97 Å². The van der Waals surface area contributed by atoms with E-state index in [0.717, 1.165) is 5.56 Å². The molecule has 0 bridgehead atoms. The molecule has 6 heteroatoms. The van der Waals surface area contributed by atoms with Crippen molar-refractivity contribution in [1.29, 1.82) is 0 Å². The molecule has 0 aliphatic carbocycles. The summed E-state index contributed by atoms with van der Waals surface area (Å²) in [6.07, 6.45) is 1.18. The van der Waals surface area contributed by atoms with Gasteiger partial charge in [-0.25, -0.2) is 8.42 Å². The maximum Gasteiger partial charge on any atom is 0.304 e. The van der Waals surface area contributed by atoms with Crippen molar-refractivity contribution < 1.29 is 18.3 Å². The van der Waals surface area contributed by atoms with Crippen LogP contribution in [0.2, 0.25) is 0 Å². The molecule has 1 aromatic carbocycles. The molecule has 1 heterocycles. The van der Waals surface area contributed by atoms with Crippen molar-refractivity contribution in [2.24, 2.45) is 0 Å². The van der Waals surface area contributed by atoms with Gasteiger partial charge in [0, 0.05) is 12.6 Å². The normalized spacial score (nSPS) is 20.2. The van der Waals surface area contributed by atoms with Gasteiger partial charge in [0.1, 0.15) is 0 Å². The summed E-state index contributed by atoms with van der Waals surface area (Å²) in [6.45, 7) is 4.00. The van der Waals surface area contributed by atoms with E-state index in [1.807, 2.05) is 13.0 Å². The van der Waals surface area contributed by atoms with E-state index in [0.29, 0.717) is 24.9 Å². The number of hydrogen-bond donors (Lipinski definition) is 1. The van der Waals surface area contributed by atoms with Gasteiger partial charge in [-0.15, -0.1) is 0 Å². The van der Waals surface area contributed by atoms with E-state index in [1.54, 1.807) is 19.1 Å². The third kappa shape index (κ3) is 2.86. The van der Waals surface area contributed by atoms with Gasteiger partial charge < -0.3 is 5.11 Å². The van der Waals surface area contributed by atoms with Crippen molar-refractivity contribution in [3.63, 3.8) is 0 Å². The van der Waals surface area contributed by atoms with Crippen molar-refractivity contribution in [3.8, 4) is 0 Å². The number of sulfonamides is 1. The highest BCUT2D eigenvalue weighted by molar-refractivity contribution is 7.89. The van der Waals surface area contributed by atoms with E-state index >= 15 is 0 Å². The second-order valence-electron chi connectivity index (χ2n) is 5.28. The zero-order chi connectivity index (χ0) is 14.9. The van der Waals surface area contributed by atoms with E-state index in [1.165, 1.54) is 4.31 Å². The van der Waals surface area contributed by atoms with Gasteiger partial charge in [-0.1, -0.05) is 12.1 Å². The Morgan fingerprint density at radius 3 is 2.75 bits per heavy atom. The maximum absolute atomic E-state index is 12.7. The van der Waals surface area contributed by atoms with Crippen molar-refractivity contribution in [2.75, 3.05) is 6.54 Å². The summed E-state index contributed by atoms with van der Waals surface area (Å²) in [7, 11) is -3.62. The number of carbonyl (C=O) groups is 1. The quantitative estimate of drug-likeness (QED) is 0.921. The zero-order valence-electron chi connectivity index (χ0n) is 11.7. The van der Waals surface area contributed by atoms with Crippen LogP contribution in [0.15, 0.2) is 23.1 Å². The number of carboxylic acid groups (broad SMARTS) is 1. The molecule has 5 nitrogen and oxygen atoms in total. The Balaban J connectivity index is 2.39. The van der Waals surface area contributed by atoms with Crippen molar-refractivity contribution in [3.05, 3.63) is 29.3 Å². The highest BCUT2D eigenvalue weighted by Gasteiger charge is 2.36. The molecule has 2 rings (SSSR count). The van der Waals surface area contributed by atoms with Crippen LogP contribution < -0.4 is 0 Å². The Hall–Kier alpha value is -1.40. The van der Waals surface area contributed by atoms with E-state index in [9.17, 15) is 13.2 Å². The third-order valence-electron chi connectivity index (χ3n) is 3.66. The van der Waals surface area contributed by atoms with E-state index in [4.69, 9.17) is 5.11 Å². The summed E-state index contributed by atoms with van der Waals surface area (Å²) in [5.41, 5.74) is 1.57. The molecule has 0 spiro atoms. The molecule has 0 saturated carbocycles. The lowest BCUT2D eigenvalue weighted by molar-refractivity contribution is -0.137. The number of carboxylic acids is 1. The van der Waals surface area contributed by atoms with Crippen molar-refractivity contribution in [2.45, 2.75) is 44.0 Å². The van der Waals surface area contributed by atoms with Crippen LogP contribution in [0.25, 0.3) is 0 Å². The van der Waals surface area contributed by atoms with Crippen molar-refractivity contribution >= 4 is 16.0 Å². The van der Waals surface area contributed by atoms with Crippen LogP contribution in [-0.4, -0.2) is 36.4 Å². The lowest BCUT2D eigenvalue weighted by Crippen LogP contribution is -2.37. The first kappa shape index (κ1) is 15.0. The van der Waals surface area contributed by atoms with Crippen LogP contribution in [0.5, 0.6) is 0 Å². The van der Waals surface area contributed by atoms with Crippen LogP contribution >= 0.6 is 0 Å². The first-order chi connectivity index (χ1) is 9.32. The molecule has 1 aliphatic heterocycles. The molecule has 110 valence electrons.